The Balaban J connectivity index is 4.01. The van der Waals surface area contributed by atoms with E-state index in [1.807, 2.05) is 13.0 Å². The van der Waals surface area contributed by atoms with Gasteiger partial charge in [-0.25, -0.2) is 0 Å². The van der Waals surface area contributed by atoms with Gasteiger partial charge in [0.05, 0.1) is 6.04 Å². The summed E-state index contributed by atoms with van der Waals surface area (Å²) in [5, 5.41) is 5.99. The van der Waals surface area contributed by atoms with Crippen LogP contribution in [0.3, 0.4) is 0 Å². The molecule has 1 unspecified atom stereocenters. The molecule has 0 radical (unpaired) electrons. The maximum absolute atomic E-state index is 11.3. The van der Waals surface area contributed by atoms with Crippen LogP contribution in [0.4, 0.5) is 0 Å². The van der Waals surface area contributed by atoms with Crippen LogP contribution in [0.1, 0.15) is 39.5 Å². The SMILES string of the molecule is C=CCCC(CCC)N[C@H](C)C(=O)NC. The zero-order chi connectivity index (χ0) is 11.7. The van der Waals surface area contributed by atoms with Crippen molar-refractivity contribution in [2.24, 2.45) is 0 Å². The number of hydrogen-bond donors (Lipinski definition) is 2. The molecule has 2 N–H and O–H groups in total. The quantitative estimate of drug-likeness (QED) is 0.603. The number of likely N-dealkylation sites (N-methyl/N-ethyl adjacent to an activating group) is 1. The van der Waals surface area contributed by atoms with Crippen LogP contribution in [0.2, 0.25) is 0 Å². The average Bonchev–Trinajstić information content (AvgIpc) is 2.24. The van der Waals surface area contributed by atoms with Crippen molar-refractivity contribution < 1.29 is 4.79 Å². The maximum atomic E-state index is 11.3. The summed E-state index contributed by atoms with van der Waals surface area (Å²) >= 11 is 0. The molecule has 0 spiro atoms. The van der Waals surface area contributed by atoms with Crippen molar-refractivity contribution in [1.82, 2.24) is 10.6 Å². The standard InChI is InChI=1S/C12H24N2O/c1-5-7-9-11(8-6-2)14-10(3)12(15)13-4/h5,10-11,14H,1,6-9H2,2-4H3,(H,13,15)/t10-,11?/m1/s1. The fourth-order valence-electron chi connectivity index (χ4n) is 1.62. The second-order valence-electron chi connectivity index (χ2n) is 3.85. The lowest BCUT2D eigenvalue weighted by molar-refractivity contribution is -0.122. The number of rotatable bonds is 8. The first-order valence-corrected chi connectivity index (χ1v) is 5.74. The Morgan fingerprint density at radius 2 is 2.13 bits per heavy atom. The molecule has 0 saturated heterocycles. The van der Waals surface area contributed by atoms with Crippen molar-refractivity contribution in [2.75, 3.05) is 7.05 Å². The van der Waals surface area contributed by atoms with E-state index < -0.39 is 0 Å². The van der Waals surface area contributed by atoms with E-state index in [-0.39, 0.29) is 11.9 Å². The van der Waals surface area contributed by atoms with Crippen molar-refractivity contribution in [3.63, 3.8) is 0 Å². The van der Waals surface area contributed by atoms with Crippen LogP contribution in [-0.4, -0.2) is 25.0 Å². The molecule has 0 aliphatic rings. The van der Waals surface area contributed by atoms with E-state index in [1.54, 1.807) is 7.05 Å². The van der Waals surface area contributed by atoms with E-state index in [1.165, 1.54) is 0 Å². The van der Waals surface area contributed by atoms with E-state index in [4.69, 9.17) is 0 Å². The molecule has 0 aromatic heterocycles. The molecule has 3 heteroatoms. The average molecular weight is 212 g/mol. The molecular weight excluding hydrogens is 188 g/mol. The fraction of sp³-hybridized carbons (Fsp3) is 0.750. The molecule has 1 amide bonds. The van der Waals surface area contributed by atoms with Crippen LogP contribution in [0.25, 0.3) is 0 Å². The van der Waals surface area contributed by atoms with E-state index in [9.17, 15) is 4.79 Å². The van der Waals surface area contributed by atoms with Gasteiger partial charge in [-0.2, -0.15) is 0 Å². The topological polar surface area (TPSA) is 41.1 Å². The normalized spacial score (nSPS) is 14.3. The minimum Gasteiger partial charge on any atom is -0.358 e. The molecule has 0 aromatic carbocycles. The highest BCUT2D eigenvalue weighted by atomic mass is 16.2. The fourth-order valence-corrected chi connectivity index (χ4v) is 1.62. The Morgan fingerprint density at radius 1 is 1.47 bits per heavy atom. The molecule has 0 fully saturated rings. The summed E-state index contributed by atoms with van der Waals surface area (Å²) in [7, 11) is 1.67. The van der Waals surface area contributed by atoms with Gasteiger partial charge in [-0.05, 0) is 26.2 Å². The van der Waals surface area contributed by atoms with Crippen LogP contribution in [-0.2, 0) is 4.79 Å². The molecule has 15 heavy (non-hydrogen) atoms. The summed E-state index contributed by atoms with van der Waals surface area (Å²) in [5.74, 6) is 0.0507. The van der Waals surface area contributed by atoms with E-state index in [0.29, 0.717) is 6.04 Å². The van der Waals surface area contributed by atoms with Gasteiger partial charge < -0.3 is 10.6 Å². The van der Waals surface area contributed by atoms with Crippen LogP contribution in [0.5, 0.6) is 0 Å². The third-order valence-corrected chi connectivity index (χ3v) is 2.48. The Kier molecular flexibility index (Phi) is 8.01. The lowest BCUT2D eigenvalue weighted by Crippen LogP contribution is -2.45. The van der Waals surface area contributed by atoms with Gasteiger partial charge in [-0.1, -0.05) is 19.4 Å². The highest BCUT2D eigenvalue weighted by molar-refractivity contribution is 5.80. The van der Waals surface area contributed by atoms with E-state index in [0.717, 1.165) is 25.7 Å². The van der Waals surface area contributed by atoms with Gasteiger partial charge in [-0.3, -0.25) is 4.79 Å². The summed E-state index contributed by atoms with van der Waals surface area (Å²) in [6.45, 7) is 7.77. The van der Waals surface area contributed by atoms with Crippen molar-refractivity contribution in [3.8, 4) is 0 Å². The molecule has 0 aliphatic carbocycles. The second kappa shape index (κ2) is 8.48. The highest BCUT2D eigenvalue weighted by Crippen LogP contribution is 2.06. The second-order valence-corrected chi connectivity index (χ2v) is 3.85. The summed E-state index contributed by atoms with van der Waals surface area (Å²) in [4.78, 5) is 11.3. The predicted molar refractivity (Wildman–Crippen MR) is 64.8 cm³/mol. The highest BCUT2D eigenvalue weighted by Gasteiger charge is 2.15. The van der Waals surface area contributed by atoms with Gasteiger partial charge in [0.1, 0.15) is 0 Å². The zero-order valence-corrected chi connectivity index (χ0v) is 10.2. The lowest BCUT2D eigenvalue weighted by atomic mass is 10.1. The Bertz CT molecular complexity index is 192. The number of hydrogen-bond acceptors (Lipinski definition) is 2. The lowest BCUT2D eigenvalue weighted by Gasteiger charge is -2.21. The Hall–Kier alpha value is -0.830. The smallest absolute Gasteiger partial charge is 0.236 e. The van der Waals surface area contributed by atoms with Crippen molar-refractivity contribution in [1.29, 1.82) is 0 Å². The minimum absolute atomic E-state index is 0.0507. The third kappa shape index (κ3) is 6.28. The molecule has 0 rings (SSSR count). The molecule has 2 atom stereocenters. The van der Waals surface area contributed by atoms with E-state index in [2.05, 4.69) is 24.1 Å². The molecule has 3 nitrogen and oxygen atoms in total. The van der Waals surface area contributed by atoms with Crippen molar-refractivity contribution in [3.05, 3.63) is 12.7 Å². The van der Waals surface area contributed by atoms with E-state index >= 15 is 0 Å². The van der Waals surface area contributed by atoms with Crippen molar-refractivity contribution >= 4 is 5.91 Å². The van der Waals surface area contributed by atoms with Gasteiger partial charge in [0.2, 0.25) is 5.91 Å². The summed E-state index contributed by atoms with van der Waals surface area (Å²) < 4.78 is 0. The molecule has 0 aromatic rings. The number of carbonyl (C=O) groups is 1. The number of allylic oxidation sites excluding steroid dienone is 1. The van der Waals surface area contributed by atoms with Gasteiger partial charge in [-0.15, -0.1) is 6.58 Å². The first-order chi connectivity index (χ1) is 7.15. The molecule has 0 bridgehead atoms. The Labute approximate surface area is 93.3 Å². The van der Waals surface area contributed by atoms with Crippen molar-refractivity contribution in [2.45, 2.75) is 51.6 Å². The van der Waals surface area contributed by atoms with Crippen LogP contribution in [0.15, 0.2) is 12.7 Å². The van der Waals surface area contributed by atoms with Gasteiger partial charge in [0.25, 0.3) is 0 Å². The molecule has 88 valence electrons. The summed E-state index contributed by atoms with van der Waals surface area (Å²) in [6, 6.07) is 0.302. The molecule has 0 heterocycles. The van der Waals surface area contributed by atoms with Crippen LogP contribution in [0, 0.1) is 0 Å². The summed E-state index contributed by atoms with van der Waals surface area (Å²) in [5.41, 5.74) is 0. The number of amides is 1. The zero-order valence-electron chi connectivity index (χ0n) is 10.2. The minimum atomic E-state index is -0.114. The van der Waals surface area contributed by atoms with Gasteiger partial charge in [0.15, 0.2) is 0 Å². The number of nitrogens with one attached hydrogen (secondary N) is 2. The number of carbonyl (C=O) groups excluding carboxylic acids is 1. The van der Waals surface area contributed by atoms with Crippen LogP contribution < -0.4 is 10.6 Å². The van der Waals surface area contributed by atoms with Gasteiger partial charge in [0, 0.05) is 13.1 Å². The summed E-state index contributed by atoms with van der Waals surface area (Å²) in [6.07, 6.45) is 6.22. The molecule has 0 aliphatic heterocycles. The first-order valence-electron chi connectivity index (χ1n) is 5.74. The Morgan fingerprint density at radius 3 is 2.60 bits per heavy atom. The first kappa shape index (κ1) is 14.2. The van der Waals surface area contributed by atoms with Gasteiger partial charge >= 0.3 is 0 Å². The predicted octanol–water partition coefficient (Wildman–Crippen LogP) is 1.85. The largest absolute Gasteiger partial charge is 0.358 e. The monoisotopic (exact) mass is 212 g/mol. The third-order valence-electron chi connectivity index (χ3n) is 2.48. The molecular formula is C12H24N2O. The maximum Gasteiger partial charge on any atom is 0.236 e. The molecule has 0 saturated carbocycles. The van der Waals surface area contributed by atoms with Crippen LogP contribution >= 0.6 is 0 Å².